The lowest BCUT2D eigenvalue weighted by molar-refractivity contribution is 0.481. The molecule has 1 aromatic heterocycles. The molecule has 0 saturated heterocycles. The number of hydrogen-bond donors (Lipinski definition) is 2. The van der Waals surface area contributed by atoms with Gasteiger partial charge >= 0.3 is 0 Å². The summed E-state index contributed by atoms with van der Waals surface area (Å²) in [5.41, 5.74) is 1.21. The maximum atomic E-state index is 4.34. The van der Waals surface area contributed by atoms with Crippen molar-refractivity contribution < 1.29 is 0 Å². The summed E-state index contributed by atoms with van der Waals surface area (Å²) in [5, 5.41) is 6.79. The molecule has 1 saturated carbocycles. The predicted octanol–water partition coefficient (Wildman–Crippen LogP) is 3.40. The number of guanidine groups is 1. The first-order chi connectivity index (χ1) is 11.2. The van der Waals surface area contributed by atoms with Crippen LogP contribution >= 0.6 is 24.0 Å². The molecule has 0 radical (unpaired) electrons. The van der Waals surface area contributed by atoms with Gasteiger partial charge in [0.25, 0.3) is 0 Å². The van der Waals surface area contributed by atoms with Gasteiger partial charge in [-0.15, -0.1) is 24.0 Å². The molecule has 0 bridgehead atoms. The van der Waals surface area contributed by atoms with Crippen molar-refractivity contribution in [1.82, 2.24) is 15.6 Å². The normalized spacial score (nSPS) is 15.0. The molecule has 0 atom stereocenters. The van der Waals surface area contributed by atoms with Crippen molar-refractivity contribution in [3.63, 3.8) is 0 Å². The fourth-order valence-corrected chi connectivity index (χ4v) is 3.12. The van der Waals surface area contributed by atoms with Crippen LogP contribution in [0.5, 0.6) is 0 Å². The first kappa shape index (κ1) is 21.0. The van der Waals surface area contributed by atoms with Crippen LogP contribution in [0.4, 0.5) is 5.82 Å². The minimum absolute atomic E-state index is 0. The average molecular weight is 445 g/mol. The number of hydrogen-bond acceptors (Lipinski definition) is 3. The second-order valence-electron chi connectivity index (χ2n) is 6.56. The first-order valence-corrected chi connectivity index (χ1v) is 8.76. The summed E-state index contributed by atoms with van der Waals surface area (Å²) in [6, 6.07) is 4.13. The van der Waals surface area contributed by atoms with Crippen molar-refractivity contribution in [3.8, 4) is 0 Å². The maximum Gasteiger partial charge on any atom is 0.191 e. The van der Waals surface area contributed by atoms with Gasteiger partial charge in [-0.2, -0.15) is 0 Å². The smallest absolute Gasteiger partial charge is 0.191 e. The van der Waals surface area contributed by atoms with Crippen LogP contribution in [0.15, 0.2) is 23.3 Å². The van der Waals surface area contributed by atoms with E-state index in [1.54, 1.807) is 0 Å². The lowest BCUT2D eigenvalue weighted by Gasteiger charge is -2.15. The van der Waals surface area contributed by atoms with Crippen molar-refractivity contribution in [3.05, 3.63) is 23.9 Å². The van der Waals surface area contributed by atoms with Gasteiger partial charge < -0.3 is 15.5 Å². The topological polar surface area (TPSA) is 52.6 Å². The van der Waals surface area contributed by atoms with E-state index in [1.807, 2.05) is 38.3 Å². The number of halogens is 1. The maximum absolute atomic E-state index is 4.34. The van der Waals surface area contributed by atoms with Crippen molar-refractivity contribution >= 4 is 35.8 Å². The molecule has 2 rings (SSSR count). The highest BCUT2D eigenvalue weighted by Crippen LogP contribution is 2.28. The SMILES string of the molecule is CN=C(NCCCC1CCCC1)NCc1ccnc(N(C)C)c1.I. The molecular weight excluding hydrogens is 413 g/mol. The monoisotopic (exact) mass is 445 g/mol. The summed E-state index contributed by atoms with van der Waals surface area (Å²) in [4.78, 5) is 10.6. The van der Waals surface area contributed by atoms with Gasteiger partial charge in [0, 0.05) is 40.4 Å². The Morgan fingerprint density at radius 3 is 2.71 bits per heavy atom. The molecule has 5 nitrogen and oxygen atoms in total. The van der Waals surface area contributed by atoms with Gasteiger partial charge in [0.1, 0.15) is 5.82 Å². The average Bonchev–Trinajstić information content (AvgIpc) is 3.08. The van der Waals surface area contributed by atoms with Crippen LogP contribution in [0.3, 0.4) is 0 Å². The number of aromatic nitrogens is 1. The number of nitrogens with zero attached hydrogens (tertiary/aromatic N) is 3. The molecule has 2 N–H and O–H groups in total. The minimum Gasteiger partial charge on any atom is -0.363 e. The number of nitrogens with one attached hydrogen (secondary N) is 2. The van der Waals surface area contributed by atoms with Gasteiger partial charge in [0.2, 0.25) is 0 Å². The van der Waals surface area contributed by atoms with Gasteiger partial charge in [0.15, 0.2) is 5.96 Å². The number of rotatable bonds is 7. The molecule has 1 fully saturated rings. The van der Waals surface area contributed by atoms with Crippen LogP contribution in [0, 0.1) is 5.92 Å². The van der Waals surface area contributed by atoms with Crippen LogP contribution in [0.25, 0.3) is 0 Å². The van der Waals surface area contributed by atoms with Crippen molar-refractivity contribution in [2.24, 2.45) is 10.9 Å². The highest BCUT2D eigenvalue weighted by Gasteiger charge is 2.13. The summed E-state index contributed by atoms with van der Waals surface area (Å²) in [6.07, 6.45) is 10.2. The molecule has 1 aliphatic carbocycles. The molecule has 24 heavy (non-hydrogen) atoms. The fraction of sp³-hybridized carbons (Fsp3) is 0.667. The number of pyridine rings is 1. The van der Waals surface area contributed by atoms with Gasteiger partial charge in [-0.3, -0.25) is 4.99 Å². The molecule has 1 aromatic rings. The van der Waals surface area contributed by atoms with Crippen molar-refractivity contribution in [2.75, 3.05) is 32.6 Å². The zero-order valence-corrected chi connectivity index (χ0v) is 17.5. The van der Waals surface area contributed by atoms with E-state index < -0.39 is 0 Å². The Kier molecular flexibility index (Phi) is 10.1. The van der Waals surface area contributed by atoms with E-state index in [0.717, 1.165) is 30.8 Å². The molecule has 0 aromatic carbocycles. The van der Waals surface area contributed by atoms with Crippen LogP contribution in [0.2, 0.25) is 0 Å². The Hall–Kier alpha value is -1.05. The van der Waals surface area contributed by atoms with E-state index in [0.29, 0.717) is 0 Å². The van der Waals surface area contributed by atoms with E-state index >= 15 is 0 Å². The lowest BCUT2D eigenvalue weighted by Crippen LogP contribution is -2.37. The minimum atomic E-state index is 0. The van der Waals surface area contributed by atoms with E-state index in [1.165, 1.54) is 44.1 Å². The number of anilines is 1. The second-order valence-corrected chi connectivity index (χ2v) is 6.56. The molecule has 1 aliphatic rings. The summed E-state index contributed by atoms with van der Waals surface area (Å²) >= 11 is 0. The van der Waals surface area contributed by atoms with Gasteiger partial charge in [-0.25, -0.2) is 4.98 Å². The Bertz CT molecular complexity index is 498. The third-order valence-corrected chi connectivity index (χ3v) is 4.51. The summed E-state index contributed by atoms with van der Waals surface area (Å²) in [6.45, 7) is 1.75. The van der Waals surface area contributed by atoms with Gasteiger partial charge in [-0.05, 0) is 36.5 Å². The Labute approximate surface area is 163 Å². The van der Waals surface area contributed by atoms with Crippen molar-refractivity contribution in [2.45, 2.75) is 45.1 Å². The van der Waals surface area contributed by atoms with Gasteiger partial charge in [0.05, 0.1) is 0 Å². The summed E-state index contributed by atoms with van der Waals surface area (Å²) in [5.74, 6) is 2.82. The molecule has 1 heterocycles. The molecule has 0 aliphatic heterocycles. The van der Waals surface area contributed by atoms with Crippen LogP contribution in [0.1, 0.15) is 44.1 Å². The molecule has 6 heteroatoms. The fourth-order valence-electron chi connectivity index (χ4n) is 3.12. The van der Waals surface area contributed by atoms with Crippen LogP contribution < -0.4 is 15.5 Å². The van der Waals surface area contributed by atoms with E-state index in [2.05, 4.69) is 26.7 Å². The highest BCUT2D eigenvalue weighted by atomic mass is 127. The zero-order valence-electron chi connectivity index (χ0n) is 15.2. The van der Waals surface area contributed by atoms with E-state index in [-0.39, 0.29) is 24.0 Å². The van der Waals surface area contributed by atoms with Crippen molar-refractivity contribution in [1.29, 1.82) is 0 Å². The third kappa shape index (κ3) is 7.23. The molecule has 0 amide bonds. The lowest BCUT2D eigenvalue weighted by atomic mass is 10.0. The van der Waals surface area contributed by atoms with E-state index in [4.69, 9.17) is 0 Å². The van der Waals surface area contributed by atoms with Crippen LogP contribution in [-0.4, -0.2) is 38.6 Å². The van der Waals surface area contributed by atoms with E-state index in [9.17, 15) is 0 Å². The molecule has 136 valence electrons. The van der Waals surface area contributed by atoms with Gasteiger partial charge in [-0.1, -0.05) is 25.7 Å². The largest absolute Gasteiger partial charge is 0.363 e. The second kappa shape index (κ2) is 11.5. The number of aliphatic imine (C=N–C) groups is 1. The first-order valence-electron chi connectivity index (χ1n) is 8.76. The standard InChI is InChI=1S/C18H31N5.HI/c1-19-18(21-11-6-9-15-7-4-5-8-15)22-14-16-10-12-20-17(13-16)23(2)3;/h10,12-13,15H,4-9,11,14H2,1-3H3,(H2,19,21,22);1H. The third-order valence-electron chi connectivity index (χ3n) is 4.51. The highest BCUT2D eigenvalue weighted by molar-refractivity contribution is 14.0. The Balaban J connectivity index is 0.00000288. The predicted molar refractivity (Wildman–Crippen MR) is 113 cm³/mol. The zero-order chi connectivity index (χ0) is 16.5. The molecular formula is C18H32IN5. The molecule has 0 unspecified atom stereocenters. The Morgan fingerprint density at radius 1 is 1.29 bits per heavy atom. The Morgan fingerprint density at radius 2 is 2.04 bits per heavy atom. The summed E-state index contributed by atoms with van der Waals surface area (Å²) < 4.78 is 0. The molecule has 0 spiro atoms. The summed E-state index contributed by atoms with van der Waals surface area (Å²) in [7, 11) is 5.83. The quantitative estimate of drug-likeness (QED) is 0.293. The van der Waals surface area contributed by atoms with Crippen LogP contribution in [-0.2, 0) is 6.54 Å².